The minimum absolute atomic E-state index is 0.0216. The number of Topliss-reactive ketones (excluding diaryl/α,β-unsaturated/α-hetero) is 1. The Balaban J connectivity index is 2.05. The summed E-state index contributed by atoms with van der Waals surface area (Å²) in [6, 6.07) is 20.4. The van der Waals surface area contributed by atoms with E-state index in [0.717, 1.165) is 10.9 Å². The standard InChI is InChI=1S/C18H15FNO/c19-12-16-11-10-14-6-4-5-9-17(14)20(16)13-18(21)15-7-2-1-3-8-15/h1-11H,12-13H2/q+1. The van der Waals surface area contributed by atoms with E-state index >= 15 is 0 Å². The lowest BCUT2D eigenvalue weighted by Crippen LogP contribution is -2.42. The zero-order valence-electron chi connectivity index (χ0n) is 11.5. The molecular weight excluding hydrogens is 265 g/mol. The Kier molecular flexibility index (Phi) is 3.73. The van der Waals surface area contributed by atoms with E-state index in [1.807, 2.05) is 48.5 Å². The Bertz CT molecular complexity index is 784. The lowest BCUT2D eigenvalue weighted by Gasteiger charge is -2.05. The van der Waals surface area contributed by atoms with Gasteiger partial charge in [-0.2, -0.15) is 4.57 Å². The number of ketones is 1. The largest absolute Gasteiger partial charge is 0.287 e. The molecule has 21 heavy (non-hydrogen) atoms. The number of aromatic nitrogens is 1. The van der Waals surface area contributed by atoms with Crippen molar-refractivity contribution in [3.63, 3.8) is 0 Å². The Morgan fingerprint density at radius 1 is 0.905 bits per heavy atom. The molecule has 0 spiro atoms. The molecule has 0 unspecified atom stereocenters. The monoisotopic (exact) mass is 280 g/mol. The summed E-state index contributed by atoms with van der Waals surface area (Å²) in [5.74, 6) is -0.0216. The smallest absolute Gasteiger partial charge is 0.227 e. The van der Waals surface area contributed by atoms with Gasteiger partial charge in [0.1, 0.15) is 0 Å². The van der Waals surface area contributed by atoms with E-state index in [1.54, 1.807) is 22.8 Å². The number of hydrogen-bond donors (Lipinski definition) is 0. The van der Waals surface area contributed by atoms with Gasteiger partial charge in [-0.1, -0.05) is 42.5 Å². The molecule has 0 radical (unpaired) electrons. The van der Waals surface area contributed by atoms with Crippen molar-refractivity contribution in [3.8, 4) is 0 Å². The van der Waals surface area contributed by atoms with Gasteiger partial charge in [0.2, 0.25) is 23.5 Å². The van der Waals surface area contributed by atoms with Gasteiger partial charge < -0.3 is 0 Å². The molecular formula is C18H15FNO+. The fourth-order valence-electron chi connectivity index (χ4n) is 2.47. The van der Waals surface area contributed by atoms with Gasteiger partial charge in [0.25, 0.3) is 0 Å². The highest BCUT2D eigenvalue weighted by Gasteiger charge is 2.19. The average Bonchev–Trinajstić information content (AvgIpc) is 2.56. The van der Waals surface area contributed by atoms with Crippen LogP contribution in [-0.4, -0.2) is 5.78 Å². The van der Waals surface area contributed by atoms with Crippen LogP contribution >= 0.6 is 0 Å². The van der Waals surface area contributed by atoms with Gasteiger partial charge in [-0.25, -0.2) is 4.39 Å². The number of rotatable bonds is 4. The summed E-state index contributed by atoms with van der Waals surface area (Å²) in [5, 5.41) is 0.996. The molecule has 3 aromatic rings. The lowest BCUT2D eigenvalue weighted by atomic mass is 10.1. The molecule has 1 heterocycles. The first-order valence-electron chi connectivity index (χ1n) is 6.84. The van der Waals surface area contributed by atoms with Crippen LogP contribution in [0.1, 0.15) is 16.1 Å². The van der Waals surface area contributed by atoms with Crippen molar-refractivity contribution in [3.05, 3.63) is 78.0 Å². The first kappa shape index (κ1) is 13.4. The summed E-state index contributed by atoms with van der Waals surface area (Å²) >= 11 is 0. The fourth-order valence-corrected chi connectivity index (χ4v) is 2.47. The second kappa shape index (κ2) is 5.83. The van der Waals surface area contributed by atoms with E-state index in [0.29, 0.717) is 11.3 Å². The molecule has 0 N–H and O–H groups in total. The minimum Gasteiger partial charge on any atom is -0.287 e. The third-order valence-corrected chi connectivity index (χ3v) is 3.56. The molecule has 0 fully saturated rings. The first-order chi connectivity index (χ1) is 10.3. The molecule has 104 valence electrons. The Morgan fingerprint density at radius 3 is 2.38 bits per heavy atom. The SMILES string of the molecule is O=C(C[n+]1c(CF)ccc2ccccc21)c1ccccc1. The van der Waals surface area contributed by atoms with E-state index in [-0.39, 0.29) is 12.3 Å². The minimum atomic E-state index is -0.590. The second-order valence-electron chi connectivity index (χ2n) is 4.89. The topological polar surface area (TPSA) is 20.9 Å². The zero-order valence-corrected chi connectivity index (χ0v) is 11.5. The van der Waals surface area contributed by atoms with Crippen LogP contribution < -0.4 is 4.57 Å². The Labute approximate surface area is 122 Å². The molecule has 0 saturated carbocycles. The van der Waals surface area contributed by atoms with Crippen LogP contribution in [0, 0.1) is 0 Å². The number of fused-ring (bicyclic) bond motifs is 1. The van der Waals surface area contributed by atoms with Crippen molar-refractivity contribution in [1.82, 2.24) is 0 Å². The maximum Gasteiger partial charge on any atom is 0.227 e. The van der Waals surface area contributed by atoms with Gasteiger partial charge in [0.15, 0.2) is 6.67 Å². The Hall–Kier alpha value is -2.55. The summed E-state index contributed by atoms with van der Waals surface area (Å²) in [7, 11) is 0. The highest BCUT2D eigenvalue weighted by atomic mass is 19.1. The van der Waals surface area contributed by atoms with E-state index < -0.39 is 6.67 Å². The van der Waals surface area contributed by atoms with Gasteiger partial charge in [-0.05, 0) is 12.1 Å². The molecule has 0 bridgehead atoms. The third-order valence-electron chi connectivity index (χ3n) is 3.56. The number of benzene rings is 2. The molecule has 2 aromatic carbocycles. The van der Waals surface area contributed by atoms with Gasteiger partial charge in [0.05, 0.1) is 0 Å². The van der Waals surface area contributed by atoms with Crippen molar-refractivity contribution < 1.29 is 13.8 Å². The predicted octanol–water partition coefficient (Wildman–Crippen LogP) is 3.48. The summed E-state index contributed by atoms with van der Waals surface area (Å²) in [6.07, 6.45) is 0. The molecule has 1 aromatic heterocycles. The van der Waals surface area contributed by atoms with Gasteiger partial charge >= 0.3 is 0 Å². The normalized spacial score (nSPS) is 10.7. The van der Waals surface area contributed by atoms with E-state index in [2.05, 4.69) is 0 Å². The number of para-hydroxylation sites is 1. The number of hydrogen-bond acceptors (Lipinski definition) is 1. The fraction of sp³-hybridized carbons (Fsp3) is 0.111. The van der Waals surface area contributed by atoms with Crippen LogP contribution in [0.5, 0.6) is 0 Å². The van der Waals surface area contributed by atoms with Crippen molar-refractivity contribution in [2.75, 3.05) is 0 Å². The summed E-state index contributed by atoms with van der Waals surface area (Å²) < 4.78 is 15.0. The molecule has 0 amide bonds. The van der Waals surface area contributed by atoms with Crippen LogP contribution in [0.15, 0.2) is 66.7 Å². The number of nitrogens with zero attached hydrogens (tertiary/aromatic N) is 1. The van der Waals surface area contributed by atoms with E-state index in [1.165, 1.54) is 0 Å². The Morgan fingerprint density at radius 2 is 1.62 bits per heavy atom. The predicted molar refractivity (Wildman–Crippen MR) is 79.7 cm³/mol. The van der Waals surface area contributed by atoms with Crippen LogP contribution in [-0.2, 0) is 13.2 Å². The second-order valence-corrected chi connectivity index (χ2v) is 4.89. The van der Waals surface area contributed by atoms with Crippen LogP contribution in [0.25, 0.3) is 10.9 Å². The molecule has 0 saturated heterocycles. The summed E-state index contributed by atoms with van der Waals surface area (Å²) in [6.45, 7) is -0.447. The highest BCUT2D eigenvalue weighted by molar-refractivity contribution is 5.95. The molecule has 0 aliphatic heterocycles. The van der Waals surface area contributed by atoms with Gasteiger partial charge in [-0.15, -0.1) is 0 Å². The van der Waals surface area contributed by atoms with Gasteiger partial charge in [0, 0.05) is 23.1 Å². The summed E-state index contributed by atoms with van der Waals surface area (Å²) in [5.41, 5.74) is 2.03. The first-order valence-corrected chi connectivity index (χ1v) is 6.84. The van der Waals surface area contributed by atoms with Crippen molar-refractivity contribution in [1.29, 1.82) is 0 Å². The highest BCUT2D eigenvalue weighted by Crippen LogP contribution is 2.12. The molecule has 0 atom stereocenters. The molecule has 3 rings (SSSR count). The van der Waals surface area contributed by atoms with E-state index in [9.17, 15) is 9.18 Å². The molecule has 3 heteroatoms. The number of pyridine rings is 1. The number of halogens is 1. The van der Waals surface area contributed by atoms with Crippen molar-refractivity contribution in [2.24, 2.45) is 0 Å². The summed E-state index contributed by atoms with van der Waals surface area (Å²) in [4.78, 5) is 12.4. The van der Waals surface area contributed by atoms with Crippen molar-refractivity contribution >= 4 is 16.7 Å². The number of carbonyl (C=O) groups is 1. The van der Waals surface area contributed by atoms with E-state index in [4.69, 9.17) is 0 Å². The van der Waals surface area contributed by atoms with Crippen molar-refractivity contribution in [2.45, 2.75) is 13.2 Å². The maximum atomic E-state index is 13.2. The molecule has 2 nitrogen and oxygen atoms in total. The molecule has 0 aliphatic carbocycles. The van der Waals surface area contributed by atoms with Crippen LogP contribution in [0.4, 0.5) is 4.39 Å². The van der Waals surface area contributed by atoms with Crippen LogP contribution in [0.3, 0.4) is 0 Å². The lowest BCUT2D eigenvalue weighted by molar-refractivity contribution is -0.666. The van der Waals surface area contributed by atoms with Gasteiger partial charge in [-0.3, -0.25) is 4.79 Å². The average molecular weight is 280 g/mol. The van der Waals surface area contributed by atoms with Crippen LogP contribution in [0.2, 0.25) is 0 Å². The zero-order chi connectivity index (χ0) is 14.7. The third kappa shape index (κ3) is 2.68. The quantitative estimate of drug-likeness (QED) is 0.529. The maximum absolute atomic E-state index is 13.2. The molecule has 0 aliphatic rings. The number of alkyl halides is 1. The number of carbonyl (C=O) groups excluding carboxylic acids is 1.